The van der Waals surface area contributed by atoms with Crippen molar-refractivity contribution < 1.29 is 14.1 Å². The lowest BCUT2D eigenvalue weighted by atomic mass is 10.1. The Balaban J connectivity index is 1.50. The molecule has 0 saturated carbocycles. The Morgan fingerprint density at radius 2 is 2.17 bits per heavy atom. The Morgan fingerprint density at radius 3 is 2.79 bits per heavy atom. The van der Waals surface area contributed by atoms with Gasteiger partial charge in [0.15, 0.2) is 0 Å². The monoisotopic (exact) mass is 329 g/mol. The number of aromatic nitrogens is 1. The molecule has 1 aromatic heterocycles. The summed E-state index contributed by atoms with van der Waals surface area (Å²) >= 11 is 0. The van der Waals surface area contributed by atoms with E-state index in [-0.39, 0.29) is 11.9 Å². The highest BCUT2D eigenvalue weighted by molar-refractivity contribution is 5.78. The molecule has 6 nitrogen and oxygen atoms in total. The molecule has 2 heterocycles. The van der Waals surface area contributed by atoms with Gasteiger partial charge in [0.2, 0.25) is 5.91 Å². The van der Waals surface area contributed by atoms with Crippen LogP contribution in [0.5, 0.6) is 5.75 Å². The first-order chi connectivity index (χ1) is 11.6. The lowest BCUT2D eigenvalue weighted by molar-refractivity contribution is -0.121. The number of carbonyl (C=O) groups is 1. The highest BCUT2D eigenvalue weighted by Crippen LogP contribution is 2.18. The van der Waals surface area contributed by atoms with E-state index in [9.17, 15) is 4.79 Å². The summed E-state index contributed by atoms with van der Waals surface area (Å²) in [6.45, 7) is 6.04. The van der Waals surface area contributed by atoms with Gasteiger partial charge >= 0.3 is 0 Å². The molecule has 1 unspecified atom stereocenters. The van der Waals surface area contributed by atoms with E-state index in [4.69, 9.17) is 9.26 Å². The molecule has 1 fully saturated rings. The summed E-state index contributed by atoms with van der Waals surface area (Å²) in [7, 11) is 0. The van der Waals surface area contributed by atoms with Crippen LogP contribution in [0.2, 0.25) is 0 Å². The predicted octanol–water partition coefficient (Wildman–Crippen LogP) is 1.89. The van der Waals surface area contributed by atoms with Crippen molar-refractivity contribution in [3.8, 4) is 5.75 Å². The third-order valence-electron chi connectivity index (χ3n) is 4.28. The number of aryl methyl sites for hydroxylation is 2. The number of benzene rings is 1. The van der Waals surface area contributed by atoms with Crippen molar-refractivity contribution in [1.29, 1.82) is 0 Å². The van der Waals surface area contributed by atoms with E-state index in [1.807, 2.05) is 38.1 Å². The lowest BCUT2D eigenvalue weighted by Gasteiger charge is -2.11. The van der Waals surface area contributed by atoms with Crippen LogP contribution in [0.3, 0.4) is 0 Å². The molecule has 0 aliphatic carbocycles. The van der Waals surface area contributed by atoms with Crippen LogP contribution in [0.4, 0.5) is 0 Å². The molecule has 3 rings (SSSR count). The maximum Gasteiger partial charge on any atom is 0.224 e. The molecule has 2 N–H and O–H groups in total. The molecule has 1 aromatic carbocycles. The highest BCUT2D eigenvalue weighted by atomic mass is 16.5. The summed E-state index contributed by atoms with van der Waals surface area (Å²) in [5, 5.41) is 10.2. The Labute approximate surface area is 141 Å². The van der Waals surface area contributed by atoms with Crippen LogP contribution in [0.25, 0.3) is 0 Å². The van der Waals surface area contributed by atoms with Crippen molar-refractivity contribution in [2.24, 2.45) is 0 Å². The van der Waals surface area contributed by atoms with Crippen molar-refractivity contribution >= 4 is 5.91 Å². The summed E-state index contributed by atoms with van der Waals surface area (Å²) in [6, 6.07) is 7.88. The van der Waals surface area contributed by atoms with E-state index < -0.39 is 0 Å². The molecule has 1 aliphatic rings. The van der Waals surface area contributed by atoms with Crippen molar-refractivity contribution in [3.63, 3.8) is 0 Å². The molecular formula is C18H23N3O3. The van der Waals surface area contributed by atoms with Crippen LogP contribution in [0.1, 0.15) is 29.0 Å². The Morgan fingerprint density at radius 1 is 1.38 bits per heavy atom. The zero-order valence-electron chi connectivity index (χ0n) is 14.1. The van der Waals surface area contributed by atoms with Gasteiger partial charge in [0, 0.05) is 12.6 Å². The van der Waals surface area contributed by atoms with E-state index >= 15 is 0 Å². The molecule has 128 valence electrons. The number of hydrogen-bond donors (Lipinski definition) is 2. The minimum atomic E-state index is 0.0630. The molecular weight excluding hydrogens is 306 g/mol. The molecule has 0 radical (unpaired) electrons. The average molecular weight is 329 g/mol. The molecule has 1 saturated heterocycles. The van der Waals surface area contributed by atoms with Crippen molar-refractivity contribution in [3.05, 3.63) is 46.8 Å². The van der Waals surface area contributed by atoms with Gasteiger partial charge in [-0.1, -0.05) is 17.3 Å². The molecule has 0 spiro atoms. The quantitative estimate of drug-likeness (QED) is 0.846. The zero-order valence-corrected chi connectivity index (χ0v) is 14.1. The van der Waals surface area contributed by atoms with Crippen LogP contribution in [-0.2, 0) is 17.8 Å². The zero-order chi connectivity index (χ0) is 16.9. The van der Waals surface area contributed by atoms with Crippen LogP contribution >= 0.6 is 0 Å². The first kappa shape index (κ1) is 16.5. The maximum absolute atomic E-state index is 12.0. The molecule has 6 heteroatoms. The summed E-state index contributed by atoms with van der Waals surface area (Å²) in [6.07, 6.45) is 1.39. The summed E-state index contributed by atoms with van der Waals surface area (Å²) in [5.41, 5.74) is 2.80. The second-order valence-electron chi connectivity index (χ2n) is 6.17. The van der Waals surface area contributed by atoms with E-state index in [0.29, 0.717) is 13.0 Å². The largest absolute Gasteiger partial charge is 0.489 e. The number of ether oxygens (including phenoxy) is 1. The summed E-state index contributed by atoms with van der Waals surface area (Å²) in [4.78, 5) is 12.0. The van der Waals surface area contributed by atoms with Crippen LogP contribution in [0.15, 0.2) is 28.8 Å². The van der Waals surface area contributed by atoms with Crippen molar-refractivity contribution in [2.45, 2.75) is 39.3 Å². The molecule has 1 amide bonds. The van der Waals surface area contributed by atoms with Crippen LogP contribution in [0, 0.1) is 13.8 Å². The number of nitrogens with one attached hydrogen (secondary N) is 2. The minimum Gasteiger partial charge on any atom is -0.489 e. The van der Waals surface area contributed by atoms with Gasteiger partial charge in [0.1, 0.15) is 18.1 Å². The highest BCUT2D eigenvalue weighted by Gasteiger charge is 2.16. The van der Waals surface area contributed by atoms with Gasteiger partial charge in [0.25, 0.3) is 0 Å². The Bertz CT molecular complexity index is 669. The fraction of sp³-hybridized carbons (Fsp3) is 0.444. The van der Waals surface area contributed by atoms with E-state index in [1.165, 1.54) is 0 Å². The van der Waals surface area contributed by atoms with Crippen LogP contribution in [-0.4, -0.2) is 30.2 Å². The topological polar surface area (TPSA) is 76.4 Å². The maximum atomic E-state index is 12.0. The molecule has 0 bridgehead atoms. The van der Waals surface area contributed by atoms with E-state index in [1.54, 1.807) is 0 Å². The van der Waals surface area contributed by atoms with Gasteiger partial charge in [-0.2, -0.15) is 0 Å². The van der Waals surface area contributed by atoms with Gasteiger partial charge in [-0.25, -0.2) is 0 Å². The lowest BCUT2D eigenvalue weighted by Crippen LogP contribution is -2.37. The van der Waals surface area contributed by atoms with E-state index in [0.717, 1.165) is 47.8 Å². The number of rotatable bonds is 6. The van der Waals surface area contributed by atoms with Gasteiger partial charge in [0.05, 0.1) is 17.7 Å². The normalized spacial score (nSPS) is 17.0. The third-order valence-corrected chi connectivity index (χ3v) is 4.28. The van der Waals surface area contributed by atoms with Crippen molar-refractivity contribution in [2.75, 3.05) is 13.1 Å². The summed E-state index contributed by atoms with van der Waals surface area (Å²) in [5.74, 6) is 1.61. The number of amides is 1. The Kier molecular flexibility index (Phi) is 5.15. The van der Waals surface area contributed by atoms with Gasteiger partial charge in [-0.15, -0.1) is 0 Å². The molecule has 2 aromatic rings. The first-order valence-electron chi connectivity index (χ1n) is 8.25. The standard InChI is InChI=1S/C18H23N3O3/c1-12-17(13(2)24-21-12)11-23-16-5-3-14(4-6-16)9-18(22)20-15-7-8-19-10-15/h3-6,15,19H,7-11H2,1-2H3,(H,20,22). The first-order valence-corrected chi connectivity index (χ1v) is 8.25. The second-order valence-corrected chi connectivity index (χ2v) is 6.17. The molecule has 1 aliphatic heterocycles. The van der Waals surface area contributed by atoms with Gasteiger partial charge in [-0.05, 0) is 44.5 Å². The minimum absolute atomic E-state index is 0.0630. The van der Waals surface area contributed by atoms with Crippen LogP contribution < -0.4 is 15.4 Å². The molecule has 24 heavy (non-hydrogen) atoms. The third kappa shape index (κ3) is 4.14. The SMILES string of the molecule is Cc1noc(C)c1COc1ccc(CC(=O)NC2CCNC2)cc1. The Hall–Kier alpha value is -2.34. The fourth-order valence-corrected chi connectivity index (χ4v) is 2.81. The van der Waals surface area contributed by atoms with Crippen molar-refractivity contribution in [1.82, 2.24) is 15.8 Å². The number of nitrogens with zero attached hydrogens (tertiary/aromatic N) is 1. The smallest absolute Gasteiger partial charge is 0.224 e. The number of hydrogen-bond acceptors (Lipinski definition) is 5. The van der Waals surface area contributed by atoms with Gasteiger partial charge in [-0.3, -0.25) is 4.79 Å². The fourth-order valence-electron chi connectivity index (χ4n) is 2.81. The predicted molar refractivity (Wildman–Crippen MR) is 89.9 cm³/mol. The second kappa shape index (κ2) is 7.49. The van der Waals surface area contributed by atoms with E-state index in [2.05, 4.69) is 15.8 Å². The average Bonchev–Trinajstić information content (AvgIpc) is 3.17. The summed E-state index contributed by atoms with van der Waals surface area (Å²) < 4.78 is 10.9. The number of carbonyl (C=O) groups excluding carboxylic acids is 1. The molecule has 1 atom stereocenters. The van der Waals surface area contributed by atoms with Gasteiger partial charge < -0.3 is 19.9 Å².